The van der Waals surface area contributed by atoms with E-state index in [9.17, 15) is 4.79 Å². The predicted molar refractivity (Wildman–Crippen MR) is 118 cm³/mol. The number of nitrogens with one attached hydrogen (secondary N) is 1. The molecule has 2 aromatic carbocycles. The van der Waals surface area contributed by atoms with Crippen molar-refractivity contribution in [3.05, 3.63) is 71.4 Å². The molecule has 154 valence electrons. The van der Waals surface area contributed by atoms with Crippen LogP contribution in [0.1, 0.15) is 11.3 Å². The lowest BCUT2D eigenvalue weighted by Crippen LogP contribution is -2.29. The fourth-order valence-electron chi connectivity index (χ4n) is 3.08. The number of hydrogen-bond acceptors (Lipinski definition) is 5. The molecule has 0 radical (unpaired) electrons. The largest absolute Gasteiger partial charge is 0.497 e. The van der Waals surface area contributed by atoms with E-state index in [0.29, 0.717) is 19.6 Å². The van der Waals surface area contributed by atoms with Gasteiger partial charge in [-0.15, -0.1) is 11.3 Å². The van der Waals surface area contributed by atoms with Gasteiger partial charge in [0.15, 0.2) is 4.96 Å². The van der Waals surface area contributed by atoms with Gasteiger partial charge in [0.05, 0.1) is 25.8 Å². The van der Waals surface area contributed by atoms with Crippen LogP contribution in [0.15, 0.2) is 60.1 Å². The fraction of sp³-hybridized carbons (Fsp3) is 0.217. The third-order valence-electron chi connectivity index (χ3n) is 4.72. The van der Waals surface area contributed by atoms with Crippen molar-refractivity contribution in [3.63, 3.8) is 0 Å². The number of aromatic nitrogens is 2. The molecule has 0 atom stereocenters. The minimum Gasteiger partial charge on any atom is -0.497 e. The standard InChI is InChI=1S/C23H23N3O3S/c1-16-3-5-17(6-4-16)21-14-26-18(15-30-23(26)25-21)13-22(27)24-11-12-29-20-9-7-19(28-2)8-10-20/h3-10,14-15H,11-13H2,1-2H3,(H,24,27). The number of rotatable bonds is 8. The van der Waals surface area contributed by atoms with Crippen LogP contribution in [0.4, 0.5) is 0 Å². The molecule has 1 N–H and O–H groups in total. The van der Waals surface area contributed by atoms with E-state index in [-0.39, 0.29) is 5.91 Å². The molecule has 30 heavy (non-hydrogen) atoms. The predicted octanol–water partition coefficient (Wildman–Crippen LogP) is 4.12. The molecule has 7 heteroatoms. The maximum atomic E-state index is 12.4. The molecule has 4 aromatic rings. The SMILES string of the molecule is COc1ccc(OCCNC(=O)Cc2csc3nc(-c4ccc(C)cc4)cn23)cc1. The molecule has 0 aliphatic carbocycles. The first kappa shape index (κ1) is 20.0. The molecule has 0 saturated heterocycles. The molecule has 0 fully saturated rings. The summed E-state index contributed by atoms with van der Waals surface area (Å²) in [5.74, 6) is 1.48. The molecule has 6 nitrogen and oxygen atoms in total. The van der Waals surface area contributed by atoms with E-state index in [0.717, 1.165) is 33.4 Å². The topological polar surface area (TPSA) is 64.9 Å². The molecule has 0 aliphatic rings. The number of hydrogen-bond donors (Lipinski definition) is 1. The highest BCUT2D eigenvalue weighted by Crippen LogP contribution is 2.24. The molecular weight excluding hydrogens is 398 g/mol. The summed E-state index contributed by atoms with van der Waals surface area (Å²) < 4.78 is 12.8. The number of benzene rings is 2. The Morgan fingerprint density at radius 1 is 1.10 bits per heavy atom. The molecule has 4 rings (SSSR count). The average molecular weight is 422 g/mol. The highest BCUT2D eigenvalue weighted by atomic mass is 32.1. The number of nitrogens with zero attached hydrogens (tertiary/aromatic N) is 2. The van der Waals surface area contributed by atoms with Crippen molar-refractivity contribution in [2.45, 2.75) is 13.3 Å². The van der Waals surface area contributed by atoms with Crippen molar-refractivity contribution in [3.8, 4) is 22.8 Å². The summed E-state index contributed by atoms with van der Waals surface area (Å²) in [6.45, 7) is 2.91. The Labute approximate surface area is 179 Å². The quantitative estimate of drug-likeness (QED) is 0.435. The van der Waals surface area contributed by atoms with Crippen LogP contribution in [-0.2, 0) is 11.2 Å². The van der Waals surface area contributed by atoms with Crippen LogP contribution in [0, 0.1) is 6.92 Å². The number of thiazole rings is 1. The lowest BCUT2D eigenvalue weighted by Gasteiger charge is -2.08. The fourth-order valence-corrected chi connectivity index (χ4v) is 3.95. The monoisotopic (exact) mass is 421 g/mol. The van der Waals surface area contributed by atoms with E-state index in [1.165, 1.54) is 5.56 Å². The number of carbonyl (C=O) groups is 1. The maximum Gasteiger partial charge on any atom is 0.226 e. The van der Waals surface area contributed by atoms with Gasteiger partial charge in [-0.2, -0.15) is 0 Å². The number of fused-ring (bicyclic) bond motifs is 1. The van der Waals surface area contributed by atoms with Gasteiger partial charge in [-0.1, -0.05) is 29.8 Å². The van der Waals surface area contributed by atoms with E-state index < -0.39 is 0 Å². The van der Waals surface area contributed by atoms with Gasteiger partial charge >= 0.3 is 0 Å². The van der Waals surface area contributed by atoms with E-state index in [1.54, 1.807) is 18.4 Å². The second-order valence-corrected chi connectivity index (χ2v) is 7.76. The number of imidazole rings is 1. The second-order valence-electron chi connectivity index (χ2n) is 6.92. The highest BCUT2D eigenvalue weighted by molar-refractivity contribution is 7.15. The summed E-state index contributed by atoms with van der Waals surface area (Å²) in [6.07, 6.45) is 2.29. The first-order chi connectivity index (χ1) is 14.6. The van der Waals surface area contributed by atoms with E-state index in [1.807, 2.05) is 40.2 Å². The average Bonchev–Trinajstić information content (AvgIpc) is 3.34. The van der Waals surface area contributed by atoms with Crippen molar-refractivity contribution < 1.29 is 14.3 Å². The molecule has 0 spiro atoms. The Morgan fingerprint density at radius 2 is 1.83 bits per heavy atom. The van der Waals surface area contributed by atoms with Crippen LogP contribution >= 0.6 is 11.3 Å². The third kappa shape index (κ3) is 4.63. The van der Waals surface area contributed by atoms with Gasteiger partial charge in [-0.25, -0.2) is 4.98 Å². The first-order valence-corrected chi connectivity index (χ1v) is 10.6. The third-order valence-corrected chi connectivity index (χ3v) is 5.61. The number of methoxy groups -OCH3 is 1. The van der Waals surface area contributed by atoms with Crippen LogP contribution < -0.4 is 14.8 Å². The van der Waals surface area contributed by atoms with Crippen molar-refractivity contribution in [1.82, 2.24) is 14.7 Å². The Morgan fingerprint density at radius 3 is 2.57 bits per heavy atom. The lowest BCUT2D eigenvalue weighted by molar-refractivity contribution is -0.120. The van der Waals surface area contributed by atoms with Gasteiger partial charge in [0, 0.05) is 22.8 Å². The van der Waals surface area contributed by atoms with Gasteiger partial charge in [-0.3, -0.25) is 9.20 Å². The first-order valence-electron chi connectivity index (χ1n) is 9.68. The van der Waals surface area contributed by atoms with Crippen LogP contribution in [0.2, 0.25) is 0 Å². The number of amides is 1. The summed E-state index contributed by atoms with van der Waals surface area (Å²) >= 11 is 1.54. The van der Waals surface area contributed by atoms with Crippen molar-refractivity contribution in [2.24, 2.45) is 0 Å². The smallest absolute Gasteiger partial charge is 0.226 e. The van der Waals surface area contributed by atoms with Crippen molar-refractivity contribution in [2.75, 3.05) is 20.3 Å². The molecule has 0 bridgehead atoms. The minimum absolute atomic E-state index is 0.0429. The summed E-state index contributed by atoms with van der Waals surface area (Å²) in [6, 6.07) is 15.6. The molecule has 1 amide bonds. The number of ether oxygens (including phenoxy) is 2. The summed E-state index contributed by atoms with van der Waals surface area (Å²) in [7, 11) is 1.62. The normalized spacial score (nSPS) is 10.9. The molecule has 2 aromatic heterocycles. The zero-order valence-corrected chi connectivity index (χ0v) is 17.7. The van der Waals surface area contributed by atoms with Crippen LogP contribution in [-0.4, -0.2) is 35.6 Å². The Bertz CT molecular complexity index is 1130. The molecule has 2 heterocycles. The maximum absolute atomic E-state index is 12.4. The number of carbonyl (C=O) groups excluding carboxylic acids is 1. The van der Waals surface area contributed by atoms with Gasteiger partial charge in [0.2, 0.25) is 5.91 Å². The van der Waals surface area contributed by atoms with Crippen molar-refractivity contribution >= 4 is 22.2 Å². The Hall–Kier alpha value is -3.32. The zero-order chi connectivity index (χ0) is 20.9. The molecule has 0 unspecified atom stereocenters. The summed E-state index contributed by atoms with van der Waals surface area (Å²) in [4.78, 5) is 17.9. The van der Waals surface area contributed by atoms with Crippen LogP contribution in [0.3, 0.4) is 0 Å². The lowest BCUT2D eigenvalue weighted by atomic mass is 10.1. The number of aryl methyl sites for hydroxylation is 1. The second kappa shape index (κ2) is 9.00. The zero-order valence-electron chi connectivity index (χ0n) is 16.9. The molecular formula is C23H23N3O3S. The Balaban J connectivity index is 1.31. The Kier molecular flexibility index (Phi) is 5.99. The molecule has 0 aliphatic heterocycles. The van der Waals surface area contributed by atoms with E-state index in [2.05, 4.69) is 41.5 Å². The van der Waals surface area contributed by atoms with Gasteiger partial charge in [0.25, 0.3) is 0 Å². The summed E-state index contributed by atoms with van der Waals surface area (Å²) in [5, 5.41) is 4.89. The van der Waals surface area contributed by atoms with E-state index in [4.69, 9.17) is 9.47 Å². The van der Waals surface area contributed by atoms with Gasteiger partial charge < -0.3 is 14.8 Å². The minimum atomic E-state index is -0.0429. The van der Waals surface area contributed by atoms with Gasteiger partial charge in [0.1, 0.15) is 18.1 Å². The van der Waals surface area contributed by atoms with Crippen molar-refractivity contribution in [1.29, 1.82) is 0 Å². The molecule has 0 saturated carbocycles. The highest BCUT2D eigenvalue weighted by Gasteiger charge is 2.12. The summed E-state index contributed by atoms with van der Waals surface area (Å²) in [5.41, 5.74) is 4.13. The van der Waals surface area contributed by atoms with E-state index >= 15 is 0 Å². The van der Waals surface area contributed by atoms with Crippen LogP contribution in [0.5, 0.6) is 11.5 Å². The van der Waals surface area contributed by atoms with Gasteiger partial charge in [-0.05, 0) is 31.2 Å². The van der Waals surface area contributed by atoms with Crippen LogP contribution in [0.25, 0.3) is 16.2 Å².